The van der Waals surface area contributed by atoms with E-state index in [0.717, 1.165) is 39.6 Å². The van der Waals surface area contributed by atoms with Gasteiger partial charge in [0.15, 0.2) is 5.82 Å². The van der Waals surface area contributed by atoms with Gasteiger partial charge in [0.05, 0.1) is 11.8 Å². The molecule has 0 saturated carbocycles. The van der Waals surface area contributed by atoms with Crippen molar-refractivity contribution >= 4 is 76.9 Å². The molecule has 16 nitrogen and oxygen atoms in total. The van der Waals surface area contributed by atoms with Crippen molar-refractivity contribution in [2.24, 2.45) is 12.2 Å². The van der Waals surface area contributed by atoms with Gasteiger partial charge < -0.3 is 14.7 Å². The maximum Gasteiger partial charge on any atom is 0.352 e. The molecule has 2 aromatic rings. The zero-order valence-electron chi connectivity index (χ0n) is 18.1. The SMILES string of the molecule is Cn1nnnc1SCC1=C(C(=O)O)N2C(=O)C[C@@H]2SC1N(C(=O)C=NO)c1coc(NC(=O)CCl)n1. The number of anilines is 2. The van der Waals surface area contributed by atoms with Crippen molar-refractivity contribution in [3.05, 3.63) is 17.5 Å². The van der Waals surface area contributed by atoms with E-state index in [-0.39, 0.29) is 47.1 Å². The lowest BCUT2D eigenvalue weighted by molar-refractivity contribution is -0.146. The van der Waals surface area contributed by atoms with Crippen LogP contribution in [0.3, 0.4) is 0 Å². The van der Waals surface area contributed by atoms with Gasteiger partial charge in [-0.05, 0) is 10.4 Å². The van der Waals surface area contributed by atoms with Gasteiger partial charge in [0.1, 0.15) is 29.4 Å². The summed E-state index contributed by atoms with van der Waals surface area (Å²) >= 11 is 7.69. The summed E-state index contributed by atoms with van der Waals surface area (Å²) in [7, 11) is 1.59. The van der Waals surface area contributed by atoms with E-state index in [1.165, 1.54) is 4.68 Å². The number of aliphatic carboxylic acids is 1. The molecule has 1 saturated heterocycles. The number of hydrogen-bond donors (Lipinski definition) is 3. The van der Waals surface area contributed by atoms with Gasteiger partial charge in [-0.3, -0.25) is 29.5 Å². The van der Waals surface area contributed by atoms with Crippen LogP contribution in [0.1, 0.15) is 6.42 Å². The lowest BCUT2D eigenvalue weighted by atomic mass is 10.1. The van der Waals surface area contributed by atoms with E-state index >= 15 is 0 Å². The Kier molecular flexibility index (Phi) is 7.45. The van der Waals surface area contributed by atoms with Crippen LogP contribution < -0.4 is 10.2 Å². The summed E-state index contributed by atoms with van der Waals surface area (Å²) in [5, 5.41) is 34.0. The van der Waals surface area contributed by atoms with Gasteiger partial charge in [-0.1, -0.05) is 16.9 Å². The van der Waals surface area contributed by atoms with Crippen molar-refractivity contribution in [2.45, 2.75) is 22.3 Å². The first kappa shape index (κ1) is 25.5. The molecule has 4 rings (SSSR count). The summed E-state index contributed by atoms with van der Waals surface area (Å²) in [5.74, 6) is -3.75. The van der Waals surface area contributed by atoms with Crippen LogP contribution in [0.4, 0.5) is 11.8 Å². The number of oxazole rings is 1. The number of amides is 3. The highest BCUT2D eigenvalue weighted by Crippen LogP contribution is 2.47. The number of oxime groups is 1. The number of nitrogens with one attached hydrogen (secondary N) is 1. The predicted octanol–water partition coefficient (Wildman–Crippen LogP) is -0.0693. The molecule has 1 unspecified atom stereocenters. The van der Waals surface area contributed by atoms with E-state index in [4.69, 9.17) is 21.2 Å². The lowest BCUT2D eigenvalue weighted by Crippen LogP contribution is -2.58. The fraction of sp³-hybridized carbons (Fsp3) is 0.353. The van der Waals surface area contributed by atoms with Gasteiger partial charge in [0, 0.05) is 18.4 Å². The number of rotatable bonds is 9. The monoisotopic (exact) mass is 557 g/mol. The van der Waals surface area contributed by atoms with Crippen LogP contribution in [0, 0.1) is 0 Å². The number of carboxylic acid groups (broad SMARTS) is 1. The van der Waals surface area contributed by atoms with Crippen molar-refractivity contribution in [3.63, 3.8) is 0 Å². The van der Waals surface area contributed by atoms with Crippen molar-refractivity contribution in [1.82, 2.24) is 30.1 Å². The minimum absolute atomic E-state index is 0.0300. The normalized spacial score (nSPS) is 19.3. The molecule has 3 amide bonds. The average Bonchev–Trinajstić information content (AvgIpc) is 3.46. The Morgan fingerprint density at radius 3 is 2.86 bits per heavy atom. The van der Waals surface area contributed by atoms with Crippen molar-refractivity contribution < 1.29 is 33.9 Å². The number of aryl methyl sites for hydroxylation is 1. The van der Waals surface area contributed by atoms with Crippen LogP contribution >= 0.6 is 35.1 Å². The largest absolute Gasteiger partial charge is 0.477 e. The van der Waals surface area contributed by atoms with Gasteiger partial charge >= 0.3 is 12.0 Å². The number of thioether (sulfide) groups is 2. The zero-order valence-corrected chi connectivity index (χ0v) is 20.5. The molecule has 4 heterocycles. The lowest BCUT2D eigenvalue weighted by Gasteiger charge is -2.48. The zero-order chi connectivity index (χ0) is 26.0. The van der Waals surface area contributed by atoms with Crippen molar-refractivity contribution in [1.29, 1.82) is 0 Å². The third-order valence-electron chi connectivity index (χ3n) is 4.92. The number of alkyl halides is 1. The predicted molar refractivity (Wildman–Crippen MR) is 124 cm³/mol. The summed E-state index contributed by atoms with van der Waals surface area (Å²) in [6.07, 6.45) is 1.71. The Bertz CT molecular complexity index is 1280. The smallest absolute Gasteiger partial charge is 0.352 e. The topological polar surface area (TPSA) is 209 Å². The molecule has 2 atom stereocenters. The van der Waals surface area contributed by atoms with Gasteiger partial charge in [-0.2, -0.15) is 4.98 Å². The molecule has 36 heavy (non-hydrogen) atoms. The first-order valence-corrected chi connectivity index (χ1v) is 12.3. The summed E-state index contributed by atoms with van der Waals surface area (Å²) < 4.78 is 6.59. The summed E-state index contributed by atoms with van der Waals surface area (Å²) in [4.78, 5) is 55.5. The molecule has 2 aliphatic rings. The molecule has 0 spiro atoms. The molecular formula is C17H16ClN9O7S2. The van der Waals surface area contributed by atoms with Crippen LogP contribution in [0.2, 0.25) is 0 Å². The Morgan fingerprint density at radius 1 is 1.47 bits per heavy atom. The standard InChI is InChI=1S/C17H16ClN9O7S2/c1-25-17(22-23-24-25)35-6-7-13(15(31)32)27-10(29)2-12(27)36-14(7)26(11(30)4-19-33)8-5-34-16(20-8)21-9(28)3-18/h4-5,12,14,33H,2-3,6H2,1H3,(H,31,32)(H,20,21,28)/t12-,14?/m0/s1. The molecule has 190 valence electrons. The number of tetrazole rings is 1. The van der Waals surface area contributed by atoms with E-state index < -0.39 is 28.5 Å². The van der Waals surface area contributed by atoms with Crippen LogP contribution in [0.15, 0.2) is 32.3 Å². The van der Waals surface area contributed by atoms with Crippen LogP contribution in [0.25, 0.3) is 0 Å². The molecule has 0 aliphatic carbocycles. The van der Waals surface area contributed by atoms with Gasteiger partial charge in [-0.15, -0.1) is 28.5 Å². The van der Waals surface area contributed by atoms with Gasteiger partial charge in [-0.25, -0.2) is 9.48 Å². The molecule has 0 aromatic carbocycles. The maximum absolute atomic E-state index is 13.0. The highest BCUT2D eigenvalue weighted by Gasteiger charge is 2.51. The minimum Gasteiger partial charge on any atom is -0.477 e. The number of hydrogen-bond acceptors (Lipinski definition) is 13. The van der Waals surface area contributed by atoms with Crippen molar-refractivity contribution in [3.8, 4) is 0 Å². The highest BCUT2D eigenvalue weighted by atomic mass is 35.5. The van der Waals surface area contributed by atoms with E-state index in [9.17, 15) is 24.3 Å². The maximum atomic E-state index is 13.0. The Balaban J connectivity index is 1.78. The first-order chi connectivity index (χ1) is 17.2. The van der Waals surface area contributed by atoms with E-state index in [1.54, 1.807) is 7.05 Å². The molecule has 3 N–H and O–H groups in total. The molecular weight excluding hydrogens is 542 g/mol. The summed E-state index contributed by atoms with van der Waals surface area (Å²) in [5.41, 5.74) is -0.126. The van der Waals surface area contributed by atoms with Crippen LogP contribution in [-0.2, 0) is 26.2 Å². The molecule has 2 aliphatic heterocycles. The fourth-order valence-corrected chi connectivity index (χ4v) is 6.04. The minimum atomic E-state index is -1.37. The molecule has 19 heteroatoms. The quantitative estimate of drug-likeness (QED) is 0.0921. The first-order valence-electron chi connectivity index (χ1n) is 9.86. The molecule has 2 aromatic heterocycles. The molecule has 0 radical (unpaired) electrons. The Labute approximate surface area is 214 Å². The van der Waals surface area contributed by atoms with Gasteiger partial charge in [0.2, 0.25) is 17.0 Å². The Morgan fingerprint density at radius 2 is 2.25 bits per heavy atom. The second kappa shape index (κ2) is 10.5. The number of halogens is 1. The van der Waals surface area contributed by atoms with E-state index in [1.807, 2.05) is 0 Å². The number of nitrogens with zero attached hydrogens (tertiary/aromatic N) is 8. The number of carboxylic acids is 1. The second-order valence-electron chi connectivity index (χ2n) is 7.11. The fourth-order valence-electron chi connectivity index (χ4n) is 3.40. The number of fused-ring (bicyclic) bond motifs is 1. The van der Waals surface area contributed by atoms with E-state index in [0.29, 0.717) is 11.4 Å². The molecule has 0 bridgehead atoms. The van der Waals surface area contributed by atoms with Crippen molar-refractivity contribution in [2.75, 3.05) is 21.8 Å². The second-order valence-corrected chi connectivity index (χ2v) is 9.58. The van der Waals surface area contributed by atoms with Gasteiger partial charge in [0.25, 0.3) is 5.91 Å². The summed E-state index contributed by atoms with van der Waals surface area (Å²) in [6, 6.07) is -0.265. The number of carbonyl (C=O) groups excluding carboxylic acids is 3. The van der Waals surface area contributed by atoms with E-state index in [2.05, 4.69) is 31.0 Å². The average molecular weight is 558 g/mol. The summed E-state index contributed by atoms with van der Waals surface area (Å²) in [6.45, 7) is 0. The number of carbonyl (C=O) groups is 4. The number of β-lactam (4-membered cyclic amide) rings is 1. The van der Waals surface area contributed by atoms with Crippen LogP contribution in [-0.4, -0.2) is 92.7 Å². The van der Waals surface area contributed by atoms with Crippen LogP contribution in [0.5, 0.6) is 0 Å². The molecule has 1 fully saturated rings. The number of aromatic nitrogens is 5. The highest BCUT2D eigenvalue weighted by molar-refractivity contribution is 8.01. The third-order valence-corrected chi connectivity index (χ3v) is 7.67. The Hall–Kier alpha value is -3.64. The third kappa shape index (κ3) is 4.86.